The fourth-order valence-corrected chi connectivity index (χ4v) is 2.76. The molecule has 2 N–H and O–H groups in total. The third-order valence-corrected chi connectivity index (χ3v) is 4.41. The Kier molecular flexibility index (Phi) is 6.63. The molecule has 0 aromatic heterocycles. The molecule has 3 aromatic rings. The standard InChI is InChI=1S/C24H24N2O3/c1-3-22(29-21-15-9-17(2)10-16-21)24(28)26-20-13-11-19(12-14-20)25-23(27)18-7-5-4-6-8-18/h4-16,22H,3H2,1-2H3,(H,25,27)(H,26,28). The molecule has 1 unspecified atom stereocenters. The van der Waals surface area contributed by atoms with Gasteiger partial charge in [0.2, 0.25) is 0 Å². The van der Waals surface area contributed by atoms with Crippen LogP contribution in [-0.2, 0) is 4.79 Å². The number of anilines is 2. The van der Waals surface area contributed by atoms with Crippen LogP contribution in [0.2, 0.25) is 0 Å². The summed E-state index contributed by atoms with van der Waals surface area (Å²) in [5, 5.41) is 5.69. The number of amides is 2. The predicted octanol–water partition coefficient (Wildman–Crippen LogP) is 5.04. The fourth-order valence-electron chi connectivity index (χ4n) is 2.76. The molecular formula is C24H24N2O3. The molecule has 5 nitrogen and oxygen atoms in total. The van der Waals surface area contributed by atoms with Crippen LogP contribution in [0.15, 0.2) is 78.9 Å². The van der Waals surface area contributed by atoms with Gasteiger partial charge in [-0.2, -0.15) is 0 Å². The van der Waals surface area contributed by atoms with Gasteiger partial charge in [-0.3, -0.25) is 9.59 Å². The summed E-state index contributed by atoms with van der Waals surface area (Å²) in [7, 11) is 0. The highest BCUT2D eigenvalue weighted by molar-refractivity contribution is 6.04. The Morgan fingerprint density at radius 3 is 2.00 bits per heavy atom. The van der Waals surface area contributed by atoms with E-state index in [2.05, 4.69) is 10.6 Å². The largest absolute Gasteiger partial charge is 0.481 e. The number of carbonyl (C=O) groups excluding carboxylic acids is 2. The summed E-state index contributed by atoms with van der Waals surface area (Å²) in [6.45, 7) is 3.90. The molecule has 0 heterocycles. The summed E-state index contributed by atoms with van der Waals surface area (Å²) < 4.78 is 5.81. The molecule has 3 aromatic carbocycles. The minimum absolute atomic E-state index is 0.181. The van der Waals surface area contributed by atoms with Gasteiger partial charge in [-0.15, -0.1) is 0 Å². The molecule has 0 spiro atoms. The maximum atomic E-state index is 12.6. The average molecular weight is 388 g/mol. The molecule has 0 aliphatic heterocycles. The smallest absolute Gasteiger partial charge is 0.265 e. The van der Waals surface area contributed by atoms with Crippen LogP contribution >= 0.6 is 0 Å². The second-order valence-corrected chi connectivity index (χ2v) is 6.71. The van der Waals surface area contributed by atoms with Crippen molar-refractivity contribution in [1.29, 1.82) is 0 Å². The van der Waals surface area contributed by atoms with Gasteiger partial charge in [-0.1, -0.05) is 42.8 Å². The van der Waals surface area contributed by atoms with Crippen LogP contribution in [0.4, 0.5) is 11.4 Å². The zero-order valence-corrected chi connectivity index (χ0v) is 16.5. The van der Waals surface area contributed by atoms with Crippen molar-refractivity contribution in [3.63, 3.8) is 0 Å². The third kappa shape index (κ3) is 5.69. The summed E-state index contributed by atoms with van der Waals surface area (Å²) in [4.78, 5) is 24.8. The SMILES string of the molecule is CCC(Oc1ccc(C)cc1)C(=O)Nc1ccc(NC(=O)c2ccccc2)cc1. The van der Waals surface area contributed by atoms with Crippen LogP contribution in [0.5, 0.6) is 5.75 Å². The number of carbonyl (C=O) groups is 2. The van der Waals surface area contributed by atoms with E-state index in [9.17, 15) is 9.59 Å². The summed E-state index contributed by atoms with van der Waals surface area (Å²) in [6.07, 6.45) is -0.0413. The Morgan fingerprint density at radius 1 is 0.828 bits per heavy atom. The highest BCUT2D eigenvalue weighted by atomic mass is 16.5. The summed E-state index contributed by atoms with van der Waals surface area (Å²) in [6, 6.07) is 23.6. The first-order valence-electron chi connectivity index (χ1n) is 9.56. The molecule has 0 aliphatic rings. The van der Waals surface area contributed by atoms with E-state index >= 15 is 0 Å². The monoisotopic (exact) mass is 388 g/mol. The summed E-state index contributed by atoms with van der Waals surface area (Å²) in [5.74, 6) is 0.269. The van der Waals surface area contributed by atoms with Gasteiger partial charge in [0.25, 0.3) is 11.8 Å². The van der Waals surface area contributed by atoms with E-state index in [0.29, 0.717) is 29.1 Å². The lowest BCUT2D eigenvalue weighted by Crippen LogP contribution is -2.32. The quantitative estimate of drug-likeness (QED) is 0.596. The van der Waals surface area contributed by atoms with E-state index in [1.54, 1.807) is 36.4 Å². The zero-order valence-electron chi connectivity index (χ0n) is 16.5. The highest BCUT2D eigenvalue weighted by Gasteiger charge is 2.18. The minimum atomic E-state index is -0.588. The van der Waals surface area contributed by atoms with Gasteiger partial charge in [0.1, 0.15) is 5.75 Å². The van der Waals surface area contributed by atoms with Crippen molar-refractivity contribution in [1.82, 2.24) is 0 Å². The number of hydrogen-bond acceptors (Lipinski definition) is 3. The Labute approximate surface area is 170 Å². The number of ether oxygens (including phenoxy) is 1. The molecular weight excluding hydrogens is 364 g/mol. The number of aryl methyl sites for hydroxylation is 1. The van der Waals surface area contributed by atoms with Crippen LogP contribution in [0.25, 0.3) is 0 Å². The van der Waals surface area contributed by atoms with Crippen molar-refractivity contribution in [2.45, 2.75) is 26.4 Å². The molecule has 0 saturated heterocycles. The average Bonchev–Trinajstić information content (AvgIpc) is 2.75. The molecule has 1 atom stereocenters. The first-order chi connectivity index (χ1) is 14.0. The molecule has 148 valence electrons. The van der Waals surface area contributed by atoms with Gasteiger partial charge in [0.05, 0.1) is 0 Å². The van der Waals surface area contributed by atoms with Crippen molar-refractivity contribution >= 4 is 23.2 Å². The van der Waals surface area contributed by atoms with Crippen LogP contribution in [0, 0.1) is 6.92 Å². The molecule has 29 heavy (non-hydrogen) atoms. The topological polar surface area (TPSA) is 67.4 Å². The number of nitrogens with one attached hydrogen (secondary N) is 2. The molecule has 0 saturated carbocycles. The maximum absolute atomic E-state index is 12.6. The van der Waals surface area contributed by atoms with E-state index in [4.69, 9.17) is 4.74 Å². The van der Waals surface area contributed by atoms with Gasteiger partial charge in [-0.05, 0) is 61.9 Å². The Morgan fingerprint density at radius 2 is 1.41 bits per heavy atom. The van der Waals surface area contributed by atoms with Gasteiger partial charge in [0.15, 0.2) is 6.10 Å². The molecule has 0 bridgehead atoms. The maximum Gasteiger partial charge on any atom is 0.265 e. The van der Waals surface area contributed by atoms with Crippen molar-refractivity contribution in [2.24, 2.45) is 0 Å². The van der Waals surface area contributed by atoms with Crippen molar-refractivity contribution in [3.8, 4) is 5.75 Å². The van der Waals surface area contributed by atoms with Gasteiger partial charge in [-0.25, -0.2) is 0 Å². The molecule has 2 amide bonds. The lowest BCUT2D eigenvalue weighted by molar-refractivity contribution is -0.122. The number of benzene rings is 3. The van der Waals surface area contributed by atoms with Gasteiger partial charge < -0.3 is 15.4 Å². The van der Waals surface area contributed by atoms with E-state index in [0.717, 1.165) is 5.56 Å². The minimum Gasteiger partial charge on any atom is -0.481 e. The van der Waals surface area contributed by atoms with Gasteiger partial charge in [0, 0.05) is 16.9 Å². The first-order valence-corrected chi connectivity index (χ1v) is 9.56. The van der Waals surface area contributed by atoms with Gasteiger partial charge >= 0.3 is 0 Å². The highest BCUT2D eigenvalue weighted by Crippen LogP contribution is 2.18. The normalized spacial score (nSPS) is 11.4. The van der Waals surface area contributed by atoms with E-state index in [1.807, 2.05) is 56.3 Å². The molecule has 0 fully saturated rings. The number of rotatable bonds is 7. The summed E-state index contributed by atoms with van der Waals surface area (Å²) in [5.41, 5.74) is 3.01. The predicted molar refractivity (Wildman–Crippen MR) is 115 cm³/mol. The van der Waals surface area contributed by atoms with E-state index in [-0.39, 0.29) is 11.8 Å². The molecule has 5 heteroatoms. The first kappa shape index (κ1) is 20.1. The Balaban J connectivity index is 1.58. The van der Waals surface area contributed by atoms with Crippen LogP contribution in [-0.4, -0.2) is 17.9 Å². The van der Waals surface area contributed by atoms with Crippen molar-refractivity contribution in [3.05, 3.63) is 90.0 Å². The van der Waals surface area contributed by atoms with Crippen LogP contribution < -0.4 is 15.4 Å². The Hall–Kier alpha value is -3.60. The van der Waals surface area contributed by atoms with E-state index < -0.39 is 6.10 Å². The zero-order chi connectivity index (χ0) is 20.6. The third-order valence-electron chi connectivity index (χ3n) is 4.41. The van der Waals surface area contributed by atoms with Crippen molar-refractivity contribution in [2.75, 3.05) is 10.6 Å². The van der Waals surface area contributed by atoms with Crippen LogP contribution in [0.3, 0.4) is 0 Å². The number of hydrogen-bond donors (Lipinski definition) is 2. The van der Waals surface area contributed by atoms with Crippen LogP contribution in [0.1, 0.15) is 29.3 Å². The second kappa shape index (κ2) is 9.55. The second-order valence-electron chi connectivity index (χ2n) is 6.71. The lowest BCUT2D eigenvalue weighted by Gasteiger charge is -2.17. The lowest BCUT2D eigenvalue weighted by atomic mass is 10.2. The molecule has 0 radical (unpaired) electrons. The Bertz CT molecular complexity index is 952. The fraction of sp³-hybridized carbons (Fsp3) is 0.167. The van der Waals surface area contributed by atoms with E-state index in [1.165, 1.54) is 0 Å². The molecule has 3 rings (SSSR count). The van der Waals surface area contributed by atoms with Crippen molar-refractivity contribution < 1.29 is 14.3 Å². The molecule has 0 aliphatic carbocycles. The summed E-state index contributed by atoms with van der Waals surface area (Å²) >= 11 is 0.